The number of halogens is 1. The molecule has 34 heavy (non-hydrogen) atoms. The summed E-state index contributed by atoms with van der Waals surface area (Å²) in [6.07, 6.45) is 8.42. The number of carboxylic acid groups (broad SMARTS) is 1. The van der Waals surface area contributed by atoms with Gasteiger partial charge in [-0.15, -0.1) is 0 Å². The highest BCUT2D eigenvalue weighted by molar-refractivity contribution is 9.10. The van der Waals surface area contributed by atoms with Crippen LogP contribution in [0.1, 0.15) is 51.4 Å². The van der Waals surface area contributed by atoms with Crippen LogP contribution >= 0.6 is 15.9 Å². The minimum Gasteiger partial charge on any atom is -0.481 e. The molecule has 1 fully saturated rings. The molecule has 186 valence electrons. The summed E-state index contributed by atoms with van der Waals surface area (Å²) in [6, 6.07) is 0.905. The van der Waals surface area contributed by atoms with Gasteiger partial charge in [0, 0.05) is 26.1 Å². The second-order valence-electron chi connectivity index (χ2n) is 8.94. The third kappa shape index (κ3) is 5.69. The van der Waals surface area contributed by atoms with Crippen LogP contribution < -0.4 is 4.74 Å². The van der Waals surface area contributed by atoms with E-state index in [9.17, 15) is 13.2 Å². The molecule has 0 spiro atoms. The molecule has 1 saturated heterocycles. The van der Waals surface area contributed by atoms with Crippen LogP contribution in [-0.2, 0) is 19.6 Å². The van der Waals surface area contributed by atoms with Gasteiger partial charge in [-0.2, -0.15) is 4.31 Å². The summed E-state index contributed by atoms with van der Waals surface area (Å²) in [4.78, 5) is 20.0. The summed E-state index contributed by atoms with van der Waals surface area (Å²) in [5.74, 6) is -0.503. The number of sulfonamides is 1. The summed E-state index contributed by atoms with van der Waals surface area (Å²) in [7, 11) is -2.24. The number of carboxylic acids is 1. The smallest absolute Gasteiger partial charge is 0.305 e. The molecule has 1 aliphatic carbocycles. The van der Waals surface area contributed by atoms with Crippen LogP contribution in [0.2, 0.25) is 0 Å². The Hall–Kier alpha value is -1.82. The molecule has 1 aromatic rings. The number of aromatic nitrogens is 1. The largest absolute Gasteiger partial charge is 0.481 e. The van der Waals surface area contributed by atoms with E-state index in [1.54, 1.807) is 13.3 Å². The van der Waals surface area contributed by atoms with Crippen molar-refractivity contribution in [3.05, 3.63) is 27.9 Å². The van der Waals surface area contributed by atoms with E-state index in [1.165, 1.54) is 22.1 Å². The highest BCUT2D eigenvalue weighted by atomic mass is 79.9. The van der Waals surface area contributed by atoms with Crippen molar-refractivity contribution in [2.24, 2.45) is 4.99 Å². The first kappa shape index (κ1) is 25.3. The SMILES string of the molecule is CN([C@@H]1CCCC2=C1C=NC(CC(=O)O)CC2)S(=O)(=O)c1cnc(OC2CCOCC2)c(Br)c1. The topological polar surface area (TPSA) is 118 Å². The number of hydrogen-bond acceptors (Lipinski definition) is 7. The second-order valence-corrected chi connectivity index (χ2v) is 11.8. The third-order valence-electron chi connectivity index (χ3n) is 6.68. The van der Waals surface area contributed by atoms with Gasteiger partial charge in [-0.05, 0) is 59.7 Å². The van der Waals surface area contributed by atoms with Crippen molar-refractivity contribution in [3.63, 3.8) is 0 Å². The Bertz CT molecular complexity index is 1080. The van der Waals surface area contributed by atoms with Crippen LogP contribution in [0.15, 0.2) is 37.8 Å². The average Bonchev–Trinajstić information content (AvgIpc) is 3.02. The first-order chi connectivity index (χ1) is 16.3. The normalized spacial score (nSPS) is 24.1. The number of carbonyl (C=O) groups is 1. The van der Waals surface area contributed by atoms with Gasteiger partial charge in [0.2, 0.25) is 15.9 Å². The van der Waals surface area contributed by atoms with Crippen molar-refractivity contribution in [1.82, 2.24) is 9.29 Å². The Kier molecular flexibility index (Phi) is 8.06. The van der Waals surface area contributed by atoms with E-state index >= 15 is 0 Å². The zero-order valence-electron chi connectivity index (χ0n) is 19.2. The molecule has 0 bridgehead atoms. The van der Waals surface area contributed by atoms with Gasteiger partial charge in [0.1, 0.15) is 11.0 Å². The summed E-state index contributed by atoms with van der Waals surface area (Å²) >= 11 is 3.42. The van der Waals surface area contributed by atoms with Crippen molar-refractivity contribution in [2.45, 2.75) is 74.4 Å². The highest BCUT2D eigenvalue weighted by Crippen LogP contribution is 2.35. The molecule has 1 aromatic heterocycles. The standard InChI is InChI=1S/C23H30BrN3O6S/c1-27(21-4-2-3-15-5-6-16(11-22(28)29)25-14-19(15)21)34(30,31)18-12-20(24)23(26-13-18)33-17-7-9-32-10-8-17/h12-14,16-17,21H,2-11H2,1H3,(H,28,29)/t16?,21-/m1/s1. The lowest BCUT2D eigenvalue weighted by atomic mass is 9.86. The molecule has 9 nitrogen and oxygen atoms in total. The fourth-order valence-corrected chi connectivity index (χ4v) is 6.68. The second kappa shape index (κ2) is 10.8. The Morgan fingerprint density at radius 2 is 2.03 bits per heavy atom. The lowest BCUT2D eigenvalue weighted by molar-refractivity contribution is -0.137. The van der Waals surface area contributed by atoms with Gasteiger partial charge in [-0.3, -0.25) is 9.79 Å². The maximum Gasteiger partial charge on any atom is 0.305 e. The molecule has 3 heterocycles. The van der Waals surface area contributed by atoms with Crippen LogP contribution in [0.4, 0.5) is 0 Å². The molecular formula is C23H30BrN3O6S. The van der Waals surface area contributed by atoms with E-state index in [-0.39, 0.29) is 29.5 Å². The summed E-state index contributed by atoms with van der Waals surface area (Å²) in [5.41, 5.74) is 2.08. The zero-order chi connectivity index (χ0) is 24.3. The molecule has 3 aliphatic rings. The average molecular weight is 556 g/mol. The maximum atomic E-state index is 13.5. The van der Waals surface area contributed by atoms with Gasteiger partial charge in [0.05, 0.1) is 42.4 Å². The molecular weight excluding hydrogens is 526 g/mol. The Balaban J connectivity index is 1.53. The van der Waals surface area contributed by atoms with Crippen LogP contribution in [0.25, 0.3) is 0 Å². The molecule has 1 unspecified atom stereocenters. The molecule has 2 atom stereocenters. The van der Waals surface area contributed by atoms with Crippen LogP contribution in [0, 0.1) is 0 Å². The highest BCUT2D eigenvalue weighted by Gasteiger charge is 2.34. The molecule has 0 amide bonds. The first-order valence-corrected chi connectivity index (χ1v) is 13.8. The fourth-order valence-electron chi connectivity index (χ4n) is 4.75. The summed E-state index contributed by atoms with van der Waals surface area (Å²) in [5, 5.41) is 9.12. The first-order valence-electron chi connectivity index (χ1n) is 11.6. The number of nitrogens with zero attached hydrogens (tertiary/aromatic N) is 3. The van der Waals surface area contributed by atoms with Gasteiger partial charge in [-0.25, -0.2) is 13.4 Å². The lowest BCUT2D eigenvalue weighted by Gasteiger charge is -2.33. The van der Waals surface area contributed by atoms with Crippen molar-refractivity contribution >= 4 is 38.1 Å². The molecule has 1 N–H and O–H groups in total. The lowest BCUT2D eigenvalue weighted by Crippen LogP contribution is -2.40. The summed E-state index contributed by atoms with van der Waals surface area (Å²) < 4.78 is 40.2. The van der Waals surface area contributed by atoms with Crippen LogP contribution in [0.3, 0.4) is 0 Å². The van der Waals surface area contributed by atoms with Gasteiger partial charge >= 0.3 is 5.97 Å². The molecule has 0 radical (unpaired) electrons. The molecule has 0 saturated carbocycles. The number of allylic oxidation sites excluding steroid dienone is 1. The van der Waals surface area contributed by atoms with Gasteiger partial charge < -0.3 is 14.6 Å². The number of likely N-dealkylation sites (N-methyl/N-ethyl adjacent to an activating group) is 1. The fraction of sp³-hybridized carbons (Fsp3) is 0.609. The number of pyridine rings is 1. The van der Waals surface area contributed by atoms with Gasteiger partial charge in [0.15, 0.2) is 0 Å². The predicted molar refractivity (Wildman–Crippen MR) is 130 cm³/mol. The van der Waals surface area contributed by atoms with Gasteiger partial charge in [-0.1, -0.05) is 5.57 Å². The molecule has 2 aliphatic heterocycles. The number of aliphatic imine (C=N–C) groups is 1. The van der Waals surface area contributed by atoms with E-state index in [4.69, 9.17) is 14.6 Å². The molecule has 0 aromatic carbocycles. The van der Waals surface area contributed by atoms with E-state index in [2.05, 4.69) is 25.9 Å². The van der Waals surface area contributed by atoms with E-state index in [1.807, 2.05) is 0 Å². The van der Waals surface area contributed by atoms with E-state index < -0.39 is 16.0 Å². The number of ether oxygens (including phenoxy) is 2. The quantitative estimate of drug-likeness (QED) is 0.546. The predicted octanol–water partition coefficient (Wildman–Crippen LogP) is 3.58. The number of hydrogen-bond donors (Lipinski definition) is 1. The van der Waals surface area contributed by atoms with E-state index in [0.717, 1.165) is 37.7 Å². The maximum absolute atomic E-state index is 13.5. The molecule has 11 heteroatoms. The van der Waals surface area contributed by atoms with Crippen molar-refractivity contribution in [2.75, 3.05) is 20.3 Å². The number of rotatable bonds is 7. The van der Waals surface area contributed by atoms with E-state index in [0.29, 0.717) is 36.4 Å². The van der Waals surface area contributed by atoms with Crippen LogP contribution in [-0.4, -0.2) is 73.4 Å². The van der Waals surface area contributed by atoms with Crippen molar-refractivity contribution in [1.29, 1.82) is 0 Å². The minimum absolute atomic E-state index is 0.00486. The van der Waals surface area contributed by atoms with Crippen LogP contribution in [0.5, 0.6) is 5.88 Å². The van der Waals surface area contributed by atoms with Gasteiger partial charge in [0.25, 0.3) is 0 Å². The minimum atomic E-state index is -3.83. The third-order valence-corrected chi connectivity index (χ3v) is 9.08. The Morgan fingerprint density at radius 1 is 1.26 bits per heavy atom. The van der Waals surface area contributed by atoms with Crippen molar-refractivity contribution < 1.29 is 27.8 Å². The molecule has 4 rings (SSSR count). The Morgan fingerprint density at radius 3 is 2.74 bits per heavy atom. The summed E-state index contributed by atoms with van der Waals surface area (Å²) in [6.45, 7) is 1.28. The monoisotopic (exact) mass is 555 g/mol. The Labute approximate surface area is 208 Å². The number of aliphatic carboxylic acids is 1. The van der Waals surface area contributed by atoms with Crippen molar-refractivity contribution in [3.8, 4) is 5.88 Å². The zero-order valence-corrected chi connectivity index (χ0v) is 21.6.